The summed E-state index contributed by atoms with van der Waals surface area (Å²) in [6, 6.07) is 0. The van der Waals surface area contributed by atoms with E-state index in [-0.39, 0.29) is 5.78 Å². The van der Waals surface area contributed by atoms with Crippen molar-refractivity contribution >= 4 is 5.78 Å². The highest BCUT2D eigenvalue weighted by Gasteiger charge is 2.21. The van der Waals surface area contributed by atoms with E-state index in [1.165, 1.54) is 11.1 Å². The number of hydrogen-bond donors (Lipinski definition) is 0. The fourth-order valence-corrected chi connectivity index (χ4v) is 2.50. The summed E-state index contributed by atoms with van der Waals surface area (Å²) in [6.45, 7) is 0. The van der Waals surface area contributed by atoms with Gasteiger partial charge in [-0.3, -0.25) is 4.79 Å². The highest BCUT2D eigenvalue weighted by Crippen LogP contribution is 2.32. The summed E-state index contributed by atoms with van der Waals surface area (Å²) in [4.78, 5) is 12.4. The highest BCUT2D eigenvalue weighted by atomic mass is 16.1. The molecule has 1 fully saturated rings. The first-order valence-corrected chi connectivity index (χ1v) is 5.98. The molecular formula is C16H14O. The van der Waals surface area contributed by atoms with Gasteiger partial charge in [-0.15, -0.1) is 0 Å². The van der Waals surface area contributed by atoms with Gasteiger partial charge in [0.15, 0.2) is 5.78 Å². The van der Waals surface area contributed by atoms with Gasteiger partial charge in [-0.1, -0.05) is 59.8 Å². The van der Waals surface area contributed by atoms with Crippen LogP contribution in [0.4, 0.5) is 0 Å². The van der Waals surface area contributed by atoms with E-state index in [0.29, 0.717) is 0 Å². The molecule has 0 aliphatic heterocycles. The summed E-state index contributed by atoms with van der Waals surface area (Å²) < 4.78 is 0. The molecule has 0 heterocycles. The fourth-order valence-electron chi connectivity index (χ4n) is 2.50. The Morgan fingerprint density at radius 2 is 1.12 bits per heavy atom. The van der Waals surface area contributed by atoms with Gasteiger partial charge in [-0.2, -0.15) is 0 Å². The Morgan fingerprint density at radius 3 is 1.65 bits per heavy atom. The monoisotopic (exact) mass is 222 g/mol. The van der Waals surface area contributed by atoms with E-state index < -0.39 is 0 Å². The Balaban J connectivity index is 2.12. The minimum atomic E-state index is 0.208. The van der Waals surface area contributed by atoms with E-state index in [9.17, 15) is 4.79 Å². The molecule has 3 rings (SSSR count). The van der Waals surface area contributed by atoms with Crippen molar-refractivity contribution in [2.24, 2.45) is 0 Å². The summed E-state index contributed by atoms with van der Waals surface area (Å²) >= 11 is 0. The van der Waals surface area contributed by atoms with E-state index in [4.69, 9.17) is 0 Å². The van der Waals surface area contributed by atoms with Gasteiger partial charge < -0.3 is 0 Å². The van der Waals surface area contributed by atoms with Gasteiger partial charge in [0.05, 0.1) is 0 Å². The Labute approximate surface area is 101 Å². The zero-order valence-corrected chi connectivity index (χ0v) is 9.65. The van der Waals surface area contributed by atoms with Crippen molar-refractivity contribution in [3.05, 3.63) is 70.9 Å². The molecule has 0 radical (unpaired) electrons. The molecule has 0 aromatic rings. The average Bonchev–Trinajstić information content (AvgIpc) is 2.69. The third-order valence-corrected chi connectivity index (χ3v) is 3.35. The molecule has 3 aliphatic carbocycles. The standard InChI is InChI=1S/C16H14O/c17-16-14-7-3-1-5-12(10-14)9-13-6-2-4-8-15(16)11-13/h1-8H,9-11H2. The lowest BCUT2D eigenvalue weighted by molar-refractivity contribution is -0.112. The van der Waals surface area contributed by atoms with Crippen molar-refractivity contribution in [2.45, 2.75) is 19.3 Å². The van der Waals surface area contributed by atoms with E-state index in [1.54, 1.807) is 0 Å². The molecular weight excluding hydrogens is 208 g/mol. The van der Waals surface area contributed by atoms with Crippen LogP contribution in [-0.2, 0) is 4.79 Å². The lowest BCUT2D eigenvalue weighted by atomic mass is 9.86. The lowest BCUT2D eigenvalue weighted by Gasteiger charge is -2.17. The van der Waals surface area contributed by atoms with Crippen LogP contribution in [0, 0.1) is 0 Å². The molecule has 0 unspecified atom stereocenters. The third kappa shape index (κ3) is 2.01. The van der Waals surface area contributed by atoms with Crippen molar-refractivity contribution in [2.75, 3.05) is 0 Å². The number of ketones is 1. The van der Waals surface area contributed by atoms with Crippen LogP contribution in [0.3, 0.4) is 0 Å². The van der Waals surface area contributed by atoms with Crippen LogP contribution in [0.15, 0.2) is 70.9 Å². The number of carbonyl (C=O) groups is 1. The van der Waals surface area contributed by atoms with Crippen molar-refractivity contribution in [1.82, 2.24) is 0 Å². The molecule has 17 heavy (non-hydrogen) atoms. The Morgan fingerprint density at radius 1 is 0.647 bits per heavy atom. The third-order valence-electron chi connectivity index (χ3n) is 3.35. The Bertz CT molecular complexity index is 500. The maximum atomic E-state index is 12.4. The molecule has 0 N–H and O–H groups in total. The average molecular weight is 222 g/mol. The molecule has 0 aromatic heterocycles. The minimum absolute atomic E-state index is 0.208. The van der Waals surface area contributed by atoms with Crippen LogP contribution in [0.2, 0.25) is 0 Å². The summed E-state index contributed by atoms with van der Waals surface area (Å²) in [6.07, 6.45) is 18.8. The number of rotatable bonds is 0. The predicted octanol–water partition coefficient (Wildman–Crippen LogP) is 3.58. The maximum absolute atomic E-state index is 12.4. The van der Waals surface area contributed by atoms with Crippen LogP contribution >= 0.6 is 0 Å². The molecule has 3 aliphatic rings. The van der Waals surface area contributed by atoms with Gasteiger partial charge in [0.25, 0.3) is 0 Å². The number of Topliss-reactive ketones (excluding diaryl/α,β-unsaturated/α-hetero) is 1. The lowest BCUT2D eigenvalue weighted by Crippen LogP contribution is -2.11. The van der Waals surface area contributed by atoms with Gasteiger partial charge in [0, 0.05) is 11.1 Å². The molecule has 0 aromatic carbocycles. The zero-order valence-electron chi connectivity index (χ0n) is 9.65. The summed E-state index contributed by atoms with van der Waals surface area (Å²) in [7, 11) is 0. The molecule has 0 amide bonds. The van der Waals surface area contributed by atoms with Crippen molar-refractivity contribution < 1.29 is 4.79 Å². The first-order chi connectivity index (χ1) is 8.33. The second kappa shape index (κ2) is 4.17. The van der Waals surface area contributed by atoms with Gasteiger partial charge in [0.2, 0.25) is 0 Å². The molecule has 1 nitrogen and oxygen atoms in total. The van der Waals surface area contributed by atoms with Gasteiger partial charge in [-0.05, 0) is 19.3 Å². The summed E-state index contributed by atoms with van der Waals surface area (Å²) in [5, 5.41) is 0. The van der Waals surface area contributed by atoms with Crippen molar-refractivity contribution in [1.29, 1.82) is 0 Å². The van der Waals surface area contributed by atoms with E-state index in [0.717, 1.165) is 30.4 Å². The van der Waals surface area contributed by atoms with Gasteiger partial charge >= 0.3 is 0 Å². The number of carbonyl (C=O) groups excluding carboxylic acids is 1. The topological polar surface area (TPSA) is 17.1 Å². The maximum Gasteiger partial charge on any atom is 0.185 e. The van der Waals surface area contributed by atoms with E-state index >= 15 is 0 Å². The zero-order chi connectivity index (χ0) is 11.7. The first kappa shape index (κ1) is 10.3. The summed E-state index contributed by atoms with van der Waals surface area (Å²) in [5.41, 5.74) is 4.51. The molecule has 84 valence electrons. The molecule has 0 saturated heterocycles. The van der Waals surface area contributed by atoms with Crippen LogP contribution in [0.1, 0.15) is 19.3 Å². The second-order valence-electron chi connectivity index (χ2n) is 4.66. The van der Waals surface area contributed by atoms with Crippen LogP contribution in [0.25, 0.3) is 0 Å². The molecule has 1 heteroatoms. The Kier molecular flexibility index (Phi) is 2.52. The Hall–Kier alpha value is -1.89. The van der Waals surface area contributed by atoms with Gasteiger partial charge in [-0.25, -0.2) is 0 Å². The summed E-state index contributed by atoms with van der Waals surface area (Å²) in [5.74, 6) is 0.208. The number of allylic oxidation sites excluding steroid dienone is 12. The second-order valence-corrected chi connectivity index (χ2v) is 4.66. The van der Waals surface area contributed by atoms with Crippen molar-refractivity contribution in [3.8, 4) is 0 Å². The molecule has 0 atom stereocenters. The minimum Gasteiger partial charge on any atom is -0.289 e. The van der Waals surface area contributed by atoms with Gasteiger partial charge in [0.1, 0.15) is 0 Å². The van der Waals surface area contributed by atoms with E-state index in [2.05, 4.69) is 12.2 Å². The van der Waals surface area contributed by atoms with Crippen LogP contribution < -0.4 is 0 Å². The molecule has 1 saturated carbocycles. The highest BCUT2D eigenvalue weighted by molar-refractivity contribution is 6.09. The number of hydrogen-bond acceptors (Lipinski definition) is 1. The molecule has 4 bridgehead atoms. The normalized spacial score (nSPS) is 22.5. The quantitative estimate of drug-likeness (QED) is 0.612. The largest absolute Gasteiger partial charge is 0.289 e. The smallest absolute Gasteiger partial charge is 0.185 e. The fraction of sp³-hybridized carbons (Fsp3) is 0.188. The van der Waals surface area contributed by atoms with Crippen LogP contribution in [0.5, 0.6) is 0 Å². The predicted molar refractivity (Wildman–Crippen MR) is 69.5 cm³/mol. The molecule has 0 spiro atoms. The van der Waals surface area contributed by atoms with E-state index in [1.807, 2.05) is 36.5 Å². The number of fused-ring (bicyclic) bond motifs is 4. The van der Waals surface area contributed by atoms with Crippen molar-refractivity contribution in [3.63, 3.8) is 0 Å². The SMILES string of the molecule is O=C1C2=CC=CC=C(CC3=CC=CC=C1C3)C2. The first-order valence-electron chi connectivity index (χ1n) is 5.98. The van der Waals surface area contributed by atoms with Crippen LogP contribution in [-0.4, -0.2) is 5.78 Å².